The summed E-state index contributed by atoms with van der Waals surface area (Å²) in [5, 5.41) is 0. The molecule has 0 aromatic rings. The summed E-state index contributed by atoms with van der Waals surface area (Å²) >= 11 is 0. The minimum Gasteiger partial charge on any atom is -0.300 e. The van der Waals surface area contributed by atoms with Crippen LogP contribution in [0.15, 0.2) is 12.7 Å². The molecule has 14 heavy (non-hydrogen) atoms. The molecule has 2 aliphatic rings. The molecule has 1 nitrogen and oxygen atoms in total. The SMILES string of the molecule is C=CCCC(=O)C[C@H]1C[C@@H]2CC[C@H]1C2. The summed E-state index contributed by atoms with van der Waals surface area (Å²) in [6.07, 6.45) is 9.86. The highest BCUT2D eigenvalue weighted by molar-refractivity contribution is 5.78. The number of Topliss-reactive ketones (excluding diaryl/α,β-unsaturated/α-hetero) is 1. The Hall–Kier alpha value is -0.590. The lowest BCUT2D eigenvalue weighted by Crippen LogP contribution is -2.14. The Balaban J connectivity index is 1.75. The highest BCUT2D eigenvalue weighted by Crippen LogP contribution is 2.49. The first-order chi connectivity index (χ1) is 6.79. The number of allylic oxidation sites excluding steroid dienone is 1. The van der Waals surface area contributed by atoms with Crippen molar-refractivity contribution in [1.29, 1.82) is 0 Å². The van der Waals surface area contributed by atoms with Crippen molar-refractivity contribution >= 4 is 5.78 Å². The second-order valence-electron chi connectivity index (χ2n) is 5.01. The molecule has 1 heteroatoms. The standard InChI is InChI=1S/C13H20O/c1-2-3-4-13(14)9-12-8-10-5-6-11(12)7-10/h2,10-12H,1,3-9H2/t10-,11+,12-/m1/s1. The fraction of sp³-hybridized carbons (Fsp3) is 0.769. The Labute approximate surface area is 86.6 Å². The van der Waals surface area contributed by atoms with Gasteiger partial charge in [-0.2, -0.15) is 0 Å². The molecule has 2 rings (SSSR count). The molecule has 2 fully saturated rings. The maximum absolute atomic E-state index is 11.6. The van der Waals surface area contributed by atoms with E-state index in [1.165, 1.54) is 25.7 Å². The van der Waals surface area contributed by atoms with Gasteiger partial charge in [-0.3, -0.25) is 4.79 Å². The molecule has 0 unspecified atom stereocenters. The van der Waals surface area contributed by atoms with Crippen LogP contribution < -0.4 is 0 Å². The molecule has 0 aromatic carbocycles. The van der Waals surface area contributed by atoms with Crippen molar-refractivity contribution in [3.8, 4) is 0 Å². The van der Waals surface area contributed by atoms with Gasteiger partial charge in [0.05, 0.1) is 0 Å². The van der Waals surface area contributed by atoms with Crippen LogP contribution in [0, 0.1) is 17.8 Å². The maximum atomic E-state index is 11.6. The van der Waals surface area contributed by atoms with Gasteiger partial charge in [0.25, 0.3) is 0 Å². The Morgan fingerprint density at radius 3 is 2.79 bits per heavy atom. The van der Waals surface area contributed by atoms with Crippen molar-refractivity contribution in [2.75, 3.05) is 0 Å². The third-order valence-electron chi connectivity index (χ3n) is 4.00. The van der Waals surface area contributed by atoms with Gasteiger partial charge in [0.1, 0.15) is 5.78 Å². The van der Waals surface area contributed by atoms with Crippen LogP contribution in [0.5, 0.6) is 0 Å². The summed E-state index contributed by atoms with van der Waals surface area (Å²) in [5.41, 5.74) is 0. The van der Waals surface area contributed by atoms with Gasteiger partial charge in [0, 0.05) is 12.8 Å². The van der Waals surface area contributed by atoms with E-state index in [4.69, 9.17) is 0 Å². The fourth-order valence-corrected chi connectivity index (χ4v) is 3.28. The molecule has 0 spiro atoms. The van der Waals surface area contributed by atoms with Crippen LogP contribution >= 0.6 is 0 Å². The highest BCUT2D eigenvalue weighted by Gasteiger charge is 2.39. The normalized spacial score (nSPS) is 34.7. The van der Waals surface area contributed by atoms with E-state index in [9.17, 15) is 4.79 Å². The predicted octanol–water partition coefficient (Wildman–Crippen LogP) is 3.35. The first-order valence-electron chi connectivity index (χ1n) is 5.92. The Kier molecular flexibility index (Phi) is 3.05. The minimum atomic E-state index is 0.461. The quantitative estimate of drug-likeness (QED) is 0.610. The van der Waals surface area contributed by atoms with Gasteiger partial charge in [-0.1, -0.05) is 12.5 Å². The minimum absolute atomic E-state index is 0.461. The van der Waals surface area contributed by atoms with Gasteiger partial charge in [0.2, 0.25) is 0 Å². The number of hydrogen-bond donors (Lipinski definition) is 0. The van der Waals surface area contributed by atoms with Crippen molar-refractivity contribution in [2.45, 2.75) is 44.9 Å². The third-order valence-corrected chi connectivity index (χ3v) is 4.00. The van der Waals surface area contributed by atoms with Gasteiger partial charge in [-0.25, -0.2) is 0 Å². The average molecular weight is 192 g/mol. The predicted molar refractivity (Wildman–Crippen MR) is 58.0 cm³/mol. The summed E-state index contributed by atoms with van der Waals surface area (Å²) < 4.78 is 0. The monoisotopic (exact) mass is 192 g/mol. The first-order valence-corrected chi connectivity index (χ1v) is 5.92. The number of hydrogen-bond acceptors (Lipinski definition) is 1. The van der Waals surface area contributed by atoms with Gasteiger partial charge in [0.15, 0.2) is 0 Å². The van der Waals surface area contributed by atoms with Crippen LogP contribution in [-0.4, -0.2) is 5.78 Å². The summed E-state index contributed by atoms with van der Waals surface area (Å²) in [4.78, 5) is 11.6. The number of carbonyl (C=O) groups is 1. The van der Waals surface area contributed by atoms with E-state index in [0.29, 0.717) is 5.78 Å². The van der Waals surface area contributed by atoms with E-state index in [1.807, 2.05) is 6.08 Å². The van der Waals surface area contributed by atoms with E-state index in [2.05, 4.69) is 6.58 Å². The lowest BCUT2D eigenvalue weighted by Gasteiger charge is -2.20. The summed E-state index contributed by atoms with van der Waals surface area (Å²) in [7, 11) is 0. The van der Waals surface area contributed by atoms with E-state index in [0.717, 1.165) is 37.0 Å². The van der Waals surface area contributed by atoms with Gasteiger partial charge < -0.3 is 0 Å². The average Bonchev–Trinajstić information content (AvgIpc) is 2.76. The number of ketones is 1. The topological polar surface area (TPSA) is 17.1 Å². The zero-order chi connectivity index (χ0) is 9.97. The van der Waals surface area contributed by atoms with Crippen molar-refractivity contribution in [3.05, 3.63) is 12.7 Å². The molecule has 0 N–H and O–H groups in total. The Bertz CT molecular complexity index is 231. The molecule has 78 valence electrons. The molecule has 0 saturated heterocycles. The van der Waals surface area contributed by atoms with Crippen LogP contribution in [0.25, 0.3) is 0 Å². The summed E-state index contributed by atoms with van der Waals surface area (Å²) in [6.45, 7) is 3.65. The molecule has 0 amide bonds. The van der Waals surface area contributed by atoms with Gasteiger partial charge in [-0.05, 0) is 43.4 Å². The van der Waals surface area contributed by atoms with Crippen molar-refractivity contribution in [3.63, 3.8) is 0 Å². The van der Waals surface area contributed by atoms with Crippen LogP contribution in [0.2, 0.25) is 0 Å². The number of fused-ring (bicyclic) bond motifs is 2. The molecule has 0 radical (unpaired) electrons. The van der Waals surface area contributed by atoms with E-state index >= 15 is 0 Å². The fourth-order valence-electron chi connectivity index (χ4n) is 3.28. The van der Waals surface area contributed by atoms with Crippen LogP contribution in [0.3, 0.4) is 0 Å². The van der Waals surface area contributed by atoms with Crippen LogP contribution in [-0.2, 0) is 4.79 Å². The first kappa shape index (κ1) is 9.95. The second-order valence-corrected chi connectivity index (χ2v) is 5.01. The van der Waals surface area contributed by atoms with Crippen LogP contribution in [0.1, 0.15) is 44.9 Å². The molecule has 2 aliphatic carbocycles. The zero-order valence-electron chi connectivity index (χ0n) is 8.87. The molecule has 3 atom stereocenters. The van der Waals surface area contributed by atoms with Crippen molar-refractivity contribution < 1.29 is 4.79 Å². The summed E-state index contributed by atoms with van der Waals surface area (Å²) in [5.74, 6) is 3.07. The van der Waals surface area contributed by atoms with E-state index in [1.54, 1.807) is 0 Å². The number of carbonyl (C=O) groups excluding carboxylic acids is 1. The number of rotatable bonds is 5. The molecular weight excluding hydrogens is 172 g/mol. The zero-order valence-corrected chi connectivity index (χ0v) is 8.87. The third kappa shape index (κ3) is 2.08. The summed E-state index contributed by atoms with van der Waals surface area (Å²) in [6, 6.07) is 0. The van der Waals surface area contributed by atoms with E-state index in [-0.39, 0.29) is 0 Å². The lowest BCUT2D eigenvalue weighted by molar-refractivity contribution is -0.120. The Morgan fingerprint density at radius 2 is 2.21 bits per heavy atom. The molecule has 2 saturated carbocycles. The Morgan fingerprint density at radius 1 is 1.36 bits per heavy atom. The maximum Gasteiger partial charge on any atom is 0.133 e. The lowest BCUT2D eigenvalue weighted by atomic mass is 9.84. The van der Waals surface area contributed by atoms with Crippen molar-refractivity contribution in [2.24, 2.45) is 17.8 Å². The van der Waals surface area contributed by atoms with Crippen LogP contribution in [0.4, 0.5) is 0 Å². The molecule has 2 bridgehead atoms. The molecular formula is C13H20O. The van der Waals surface area contributed by atoms with Gasteiger partial charge in [-0.15, -0.1) is 6.58 Å². The molecule has 0 aromatic heterocycles. The van der Waals surface area contributed by atoms with Gasteiger partial charge >= 0.3 is 0 Å². The van der Waals surface area contributed by atoms with E-state index < -0.39 is 0 Å². The van der Waals surface area contributed by atoms with Crippen molar-refractivity contribution in [1.82, 2.24) is 0 Å². The largest absolute Gasteiger partial charge is 0.300 e. The molecule has 0 aliphatic heterocycles. The molecule has 0 heterocycles. The smallest absolute Gasteiger partial charge is 0.133 e. The second kappa shape index (κ2) is 4.29. The highest BCUT2D eigenvalue weighted by atomic mass is 16.1.